The summed E-state index contributed by atoms with van der Waals surface area (Å²) in [4.78, 5) is 37.1. The van der Waals surface area contributed by atoms with Gasteiger partial charge in [-0.1, -0.05) is 42.8 Å². The highest BCUT2D eigenvalue weighted by atomic mass is 16.7. The standard InChI is InChI=1S/C12H15NO2.C6H5NO.C6H10O/c14-11-8-4-5-9-12(11)15-13-10-6-2-1-3-7-10;8-7-6-4-2-1-3-5-6;7-6-4-2-1-3-5-6/h1-3,6-7,12-13H,4-5,8-9H2;1-5H;1-5H2/t12-;;/m0../s1. The number of anilines is 1. The summed E-state index contributed by atoms with van der Waals surface area (Å²) in [5, 5.41) is 2.72. The minimum atomic E-state index is -0.265. The smallest absolute Gasteiger partial charge is 0.164 e. The molecule has 0 aliphatic heterocycles. The molecule has 0 saturated heterocycles. The normalized spacial score (nSPS) is 18.2. The van der Waals surface area contributed by atoms with Gasteiger partial charge in [-0.25, -0.2) is 0 Å². The maximum Gasteiger partial charge on any atom is 0.164 e. The van der Waals surface area contributed by atoms with E-state index in [1.165, 1.54) is 6.42 Å². The van der Waals surface area contributed by atoms with Gasteiger partial charge in [0, 0.05) is 19.3 Å². The lowest BCUT2D eigenvalue weighted by molar-refractivity contribution is -0.131. The predicted molar refractivity (Wildman–Crippen MR) is 118 cm³/mol. The molecule has 1 atom stereocenters. The van der Waals surface area contributed by atoms with Crippen LogP contribution < -0.4 is 5.48 Å². The van der Waals surface area contributed by atoms with E-state index in [2.05, 4.69) is 10.7 Å². The van der Waals surface area contributed by atoms with E-state index in [1.54, 1.807) is 24.3 Å². The molecule has 2 aliphatic rings. The average Bonchev–Trinajstić information content (AvgIpc) is 2.81. The molecule has 4 rings (SSSR count). The summed E-state index contributed by atoms with van der Waals surface area (Å²) in [6, 6.07) is 18.3. The van der Waals surface area contributed by atoms with Crippen molar-refractivity contribution in [3.63, 3.8) is 0 Å². The first kappa shape index (κ1) is 23.4. The van der Waals surface area contributed by atoms with E-state index in [4.69, 9.17) is 4.84 Å². The van der Waals surface area contributed by atoms with Crippen LogP contribution in [0.25, 0.3) is 0 Å². The van der Waals surface area contributed by atoms with Crippen LogP contribution in [0.3, 0.4) is 0 Å². The van der Waals surface area contributed by atoms with E-state index < -0.39 is 0 Å². The topological polar surface area (TPSA) is 84.8 Å². The van der Waals surface area contributed by atoms with Crippen LogP contribution in [0.15, 0.2) is 65.8 Å². The fourth-order valence-electron chi connectivity index (χ4n) is 3.16. The Bertz CT molecular complexity index is 757. The van der Waals surface area contributed by atoms with Crippen molar-refractivity contribution < 1.29 is 14.4 Å². The third-order valence-electron chi connectivity index (χ3n) is 4.86. The number of hydrogen-bond donors (Lipinski definition) is 1. The molecule has 1 N–H and O–H groups in total. The molecule has 2 aliphatic carbocycles. The molecule has 2 saturated carbocycles. The largest absolute Gasteiger partial charge is 0.300 e. The quantitative estimate of drug-likeness (QED) is 0.483. The Labute approximate surface area is 178 Å². The second-order valence-electron chi connectivity index (χ2n) is 7.31. The fourth-order valence-corrected chi connectivity index (χ4v) is 3.16. The van der Waals surface area contributed by atoms with Crippen LogP contribution in [0.2, 0.25) is 0 Å². The minimum Gasteiger partial charge on any atom is -0.300 e. The number of nitrogens with zero attached hydrogens (tertiary/aromatic N) is 1. The van der Waals surface area contributed by atoms with Crippen LogP contribution in [-0.2, 0) is 14.4 Å². The summed E-state index contributed by atoms with van der Waals surface area (Å²) in [5.41, 5.74) is 4.19. The Morgan fingerprint density at radius 1 is 0.767 bits per heavy atom. The maximum atomic E-state index is 11.5. The zero-order valence-corrected chi connectivity index (χ0v) is 17.3. The third kappa shape index (κ3) is 9.56. The SMILES string of the molecule is O=C1CCCCC1.O=C1CCCC[C@@H]1ONc1ccccc1.O=Nc1ccccc1. The Balaban J connectivity index is 0.000000179. The van der Waals surface area contributed by atoms with E-state index in [0.717, 1.165) is 50.6 Å². The van der Waals surface area contributed by atoms with Gasteiger partial charge in [-0.2, -0.15) is 0 Å². The molecule has 0 amide bonds. The summed E-state index contributed by atoms with van der Waals surface area (Å²) < 4.78 is 0. The number of nitrogens with one attached hydrogen (secondary N) is 1. The van der Waals surface area contributed by atoms with Crippen molar-refractivity contribution in [3.05, 3.63) is 65.6 Å². The van der Waals surface area contributed by atoms with E-state index in [9.17, 15) is 14.5 Å². The number of hydrogen-bond acceptors (Lipinski definition) is 6. The van der Waals surface area contributed by atoms with E-state index >= 15 is 0 Å². The number of Topliss-reactive ketones (excluding diaryl/α,β-unsaturated/α-hetero) is 2. The highest BCUT2D eigenvalue weighted by Gasteiger charge is 2.23. The van der Waals surface area contributed by atoms with Crippen molar-refractivity contribution in [3.8, 4) is 0 Å². The molecule has 0 unspecified atom stereocenters. The van der Waals surface area contributed by atoms with Crippen molar-refractivity contribution in [1.82, 2.24) is 0 Å². The van der Waals surface area contributed by atoms with E-state index in [-0.39, 0.29) is 11.9 Å². The van der Waals surface area contributed by atoms with Crippen molar-refractivity contribution >= 4 is 22.9 Å². The molecule has 160 valence electrons. The van der Waals surface area contributed by atoms with Gasteiger partial charge in [0.15, 0.2) is 5.78 Å². The molecule has 2 aromatic carbocycles. The van der Waals surface area contributed by atoms with Gasteiger partial charge in [0.05, 0.1) is 5.69 Å². The van der Waals surface area contributed by atoms with Crippen molar-refractivity contribution in [1.29, 1.82) is 0 Å². The third-order valence-corrected chi connectivity index (χ3v) is 4.86. The lowest BCUT2D eigenvalue weighted by atomic mass is 9.97. The first-order chi connectivity index (χ1) is 14.7. The summed E-state index contributed by atoms with van der Waals surface area (Å²) in [7, 11) is 0. The van der Waals surface area contributed by atoms with Gasteiger partial charge in [0.25, 0.3) is 0 Å². The zero-order chi connectivity index (χ0) is 21.4. The van der Waals surface area contributed by atoms with Crippen LogP contribution in [0.5, 0.6) is 0 Å². The van der Waals surface area contributed by atoms with E-state index in [1.807, 2.05) is 36.4 Å². The Morgan fingerprint density at radius 3 is 1.87 bits per heavy atom. The molecule has 0 spiro atoms. The molecule has 0 bridgehead atoms. The van der Waals surface area contributed by atoms with Crippen LogP contribution >= 0.6 is 0 Å². The predicted octanol–water partition coefficient (Wildman–Crippen LogP) is 6.15. The summed E-state index contributed by atoms with van der Waals surface area (Å²) in [5.74, 6) is 0.677. The molecule has 2 fully saturated rings. The Morgan fingerprint density at radius 2 is 1.37 bits per heavy atom. The second-order valence-corrected chi connectivity index (χ2v) is 7.31. The molecule has 6 nitrogen and oxygen atoms in total. The first-order valence-corrected chi connectivity index (χ1v) is 10.6. The lowest BCUT2D eigenvalue weighted by Gasteiger charge is -2.20. The van der Waals surface area contributed by atoms with Crippen molar-refractivity contribution in [2.45, 2.75) is 63.9 Å². The fraction of sp³-hybridized carbons (Fsp3) is 0.417. The van der Waals surface area contributed by atoms with Gasteiger partial charge < -0.3 is 0 Å². The molecule has 2 aromatic rings. The number of carbonyl (C=O) groups is 2. The van der Waals surface area contributed by atoms with Crippen LogP contribution in [0.4, 0.5) is 11.4 Å². The highest BCUT2D eigenvalue weighted by Crippen LogP contribution is 2.18. The van der Waals surface area contributed by atoms with Gasteiger partial charge in [0.1, 0.15) is 17.6 Å². The van der Waals surface area contributed by atoms with E-state index in [0.29, 0.717) is 17.9 Å². The van der Waals surface area contributed by atoms with Crippen LogP contribution in [0.1, 0.15) is 57.8 Å². The second kappa shape index (κ2) is 14.2. The average molecular weight is 411 g/mol. The number of ketones is 2. The summed E-state index contributed by atoms with van der Waals surface area (Å²) in [6.45, 7) is 0. The van der Waals surface area contributed by atoms with Crippen molar-refractivity contribution in [2.24, 2.45) is 5.18 Å². The number of para-hydroxylation sites is 1. The first-order valence-electron chi connectivity index (χ1n) is 10.6. The molecular formula is C24H30N2O4. The zero-order valence-electron chi connectivity index (χ0n) is 17.3. The Hall–Kier alpha value is -2.86. The maximum absolute atomic E-state index is 11.5. The van der Waals surface area contributed by atoms with Crippen molar-refractivity contribution in [2.75, 3.05) is 5.48 Å². The minimum absolute atomic E-state index is 0.213. The molecule has 0 radical (unpaired) electrons. The number of carbonyl (C=O) groups excluding carboxylic acids is 2. The summed E-state index contributed by atoms with van der Waals surface area (Å²) >= 11 is 0. The molecule has 30 heavy (non-hydrogen) atoms. The lowest BCUT2D eigenvalue weighted by Crippen LogP contribution is -2.29. The number of nitroso groups, excluding NO2 is 1. The Kier molecular flexibility index (Phi) is 11.1. The molecule has 6 heteroatoms. The van der Waals surface area contributed by atoms with Crippen LogP contribution in [0, 0.1) is 4.91 Å². The number of benzene rings is 2. The van der Waals surface area contributed by atoms with Gasteiger partial charge in [-0.15, -0.1) is 4.91 Å². The molecule has 0 aromatic heterocycles. The van der Waals surface area contributed by atoms with Gasteiger partial charge >= 0.3 is 0 Å². The molecular weight excluding hydrogens is 380 g/mol. The van der Waals surface area contributed by atoms with Gasteiger partial charge in [0.2, 0.25) is 0 Å². The number of rotatable bonds is 4. The summed E-state index contributed by atoms with van der Waals surface area (Å²) in [6.07, 6.45) is 8.54. The monoisotopic (exact) mass is 410 g/mol. The van der Waals surface area contributed by atoms with Crippen LogP contribution in [-0.4, -0.2) is 17.7 Å². The molecule has 0 heterocycles. The van der Waals surface area contributed by atoms with Gasteiger partial charge in [-0.3, -0.25) is 19.9 Å². The highest BCUT2D eigenvalue weighted by molar-refractivity contribution is 5.83. The van der Waals surface area contributed by atoms with Gasteiger partial charge in [-0.05, 0) is 61.5 Å².